The van der Waals surface area contributed by atoms with Gasteiger partial charge in [0.1, 0.15) is 0 Å². The lowest BCUT2D eigenvalue weighted by atomic mass is 10.00. The molecular weight excluding hydrogens is 152 g/mol. The maximum atomic E-state index is 6.17. The van der Waals surface area contributed by atoms with Gasteiger partial charge in [0.2, 0.25) is 0 Å². The summed E-state index contributed by atoms with van der Waals surface area (Å²) in [5.41, 5.74) is 6.13. The summed E-state index contributed by atoms with van der Waals surface area (Å²) in [5, 5.41) is 0. The van der Waals surface area contributed by atoms with Crippen LogP contribution >= 0.6 is 0 Å². The van der Waals surface area contributed by atoms with E-state index in [0.717, 1.165) is 26.2 Å². The second-order valence-electron chi connectivity index (χ2n) is 4.15. The van der Waals surface area contributed by atoms with Crippen LogP contribution in [-0.4, -0.2) is 43.3 Å². The largest absolute Gasteiger partial charge is 0.379 e. The number of rotatable bonds is 2. The molecule has 2 saturated heterocycles. The highest BCUT2D eigenvalue weighted by atomic mass is 16.5. The topological polar surface area (TPSA) is 38.5 Å². The van der Waals surface area contributed by atoms with Gasteiger partial charge in [0, 0.05) is 13.2 Å². The highest BCUT2D eigenvalue weighted by molar-refractivity contribution is 4.91. The van der Waals surface area contributed by atoms with Crippen molar-refractivity contribution in [1.29, 1.82) is 0 Å². The van der Waals surface area contributed by atoms with E-state index in [0.29, 0.717) is 0 Å². The minimum absolute atomic E-state index is 0.0374. The Balaban J connectivity index is 1.83. The van der Waals surface area contributed by atoms with Crippen LogP contribution in [0.2, 0.25) is 0 Å². The van der Waals surface area contributed by atoms with E-state index < -0.39 is 0 Å². The summed E-state index contributed by atoms with van der Waals surface area (Å²) in [6.07, 6.45) is 3.72. The first-order valence-electron chi connectivity index (χ1n) is 4.88. The standard InChI is InChI=1S/C9H18N2O/c10-9(3-6-12-8-9)7-11-4-1-2-5-11/h1-8,10H2. The third-order valence-corrected chi connectivity index (χ3v) is 2.87. The molecule has 2 fully saturated rings. The number of hydrogen-bond acceptors (Lipinski definition) is 3. The van der Waals surface area contributed by atoms with Gasteiger partial charge in [-0.3, -0.25) is 0 Å². The van der Waals surface area contributed by atoms with Gasteiger partial charge < -0.3 is 15.4 Å². The first-order chi connectivity index (χ1) is 5.79. The van der Waals surface area contributed by atoms with Crippen LogP contribution in [0.1, 0.15) is 19.3 Å². The first-order valence-corrected chi connectivity index (χ1v) is 4.88. The van der Waals surface area contributed by atoms with Crippen LogP contribution in [0.25, 0.3) is 0 Å². The quantitative estimate of drug-likeness (QED) is 0.643. The Morgan fingerprint density at radius 1 is 1.33 bits per heavy atom. The second kappa shape index (κ2) is 3.32. The summed E-state index contributed by atoms with van der Waals surface area (Å²) >= 11 is 0. The van der Waals surface area contributed by atoms with E-state index >= 15 is 0 Å². The fourth-order valence-electron chi connectivity index (χ4n) is 2.13. The lowest BCUT2D eigenvalue weighted by Crippen LogP contribution is -2.50. The van der Waals surface area contributed by atoms with E-state index in [1.54, 1.807) is 0 Å². The van der Waals surface area contributed by atoms with Gasteiger partial charge in [0.25, 0.3) is 0 Å². The molecule has 0 amide bonds. The van der Waals surface area contributed by atoms with Gasteiger partial charge >= 0.3 is 0 Å². The molecule has 0 aromatic rings. The van der Waals surface area contributed by atoms with Gasteiger partial charge in [-0.2, -0.15) is 0 Å². The number of nitrogens with zero attached hydrogens (tertiary/aromatic N) is 1. The summed E-state index contributed by atoms with van der Waals surface area (Å²) in [5.74, 6) is 0. The molecule has 0 aromatic carbocycles. The molecular formula is C9H18N2O. The zero-order valence-corrected chi connectivity index (χ0v) is 7.59. The van der Waals surface area contributed by atoms with Gasteiger partial charge in [-0.05, 0) is 32.4 Å². The molecule has 2 N–H and O–H groups in total. The van der Waals surface area contributed by atoms with Crippen molar-refractivity contribution in [3.8, 4) is 0 Å². The number of hydrogen-bond donors (Lipinski definition) is 1. The molecule has 0 spiro atoms. The van der Waals surface area contributed by atoms with Crippen LogP contribution in [-0.2, 0) is 4.74 Å². The zero-order valence-electron chi connectivity index (χ0n) is 7.59. The summed E-state index contributed by atoms with van der Waals surface area (Å²) < 4.78 is 5.32. The van der Waals surface area contributed by atoms with Gasteiger partial charge in [-0.25, -0.2) is 0 Å². The monoisotopic (exact) mass is 170 g/mol. The SMILES string of the molecule is NC1(CN2CCCC2)CCOC1. The lowest BCUT2D eigenvalue weighted by molar-refractivity contribution is 0.161. The van der Waals surface area contributed by atoms with Gasteiger partial charge in [-0.15, -0.1) is 0 Å². The normalized spacial score (nSPS) is 37.8. The van der Waals surface area contributed by atoms with Crippen molar-refractivity contribution in [2.75, 3.05) is 32.8 Å². The molecule has 1 unspecified atom stereocenters. The van der Waals surface area contributed by atoms with Crippen LogP contribution in [0.3, 0.4) is 0 Å². The Morgan fingerprint density at radius 2 is 2.08 bits per heavy atom. The molecule has 0 radical (unpaired) electrons. The van der Waals surface area contributed by atoms with Crippen molar-refractivity contribution in [3.63, 3.8) is 0 Å². The average Bonchev–Trinajstić information content (AvgIpc) is 2.62. The van der Waals surface area contributed by atoms with Crippen molar-refractivity contribution >= 4 is 0 Å². The molecule has 1 atom stereocenters. The maximum absolute atomic E-state index is 6.17. The van der Waals surface area contributed by atoms with Crippen molar-refractivity contribution in [2.24, 2.45) is 5.73 Å². The Labute approximate surface area is 73.9 Å². The highest BCUT2D eigenvalue weighted by Crippen LogP contribution is 2.19. The fourth-order valence-corrected chi connectivity index (χ4v) is 2.13. The highest BCUT2D eigenvalue weighted by Gasteiger charge is 2.32. The Kier molecular flexibility index (Phi) is 2.35. The minimum atomic E-state index is -0.0374. The lowest BCUT2D eigenvalue weighted by Gasteiger charge is -2.27. The third-order valence-electron chi connectivity index (χ3n) is 2.87. The minimum Gasteiger partial charge on any atom is -0.379 e. The van der Waals surface area contributed by atoms with E-state index in [4.69, 9.17) is 10.5 Å². The van der Waals surface area contributed by atoms with Crippen molar-refractivity contribution in [1.82, 2.24) is 4.90 Å². The molecule has 70 valence electrons. The third kappa shape index (κ3) is 1.79. The van der Waals surface area contributed by atoms with E-state index in [1.165, 1.54) is 25.9 Å². The first kappa shape index (κ1) is 8.48. The Hall–Kier alpha value is -0.120. The molecule has 2 heterocycles. The van der Waals surface area contributed by atoms with Crippen LogP contribution < -0.4 is 5.73 Å². The number of nitrogens with two attached hydrogens (primary N) is 1. The molecule has 12 heavy (non-hydrogen) atoms. The summed E-state index contributed by atoms with van der Waals surface area (Å²) in [6, 6.07) is 0. The molecule has 0 saturated carbocycles. The zero-order chi connectivity index (χ0) is 8.44. The van der Waals surface area contributed by atoms with Crippen molar-refractivity contribution in [3.05, 3.63) is 0 Å². The molecule has 3 nitrogen and oxygen atoms in total. The smallest absolute Gasteiger partial charge is 0.0659 e. The van der Waals surface area contributed by atoms with E-state index in [9.17, 15) is 0 Å². The van der Waals surface area contributed by atoms with Crippen LogP contribution in [0.5, 0.6) is 0 Å². The van der Waals surface area contributed by atoms with Crippen LogP contribution in [0, 0.1) is 0 Å². The molecule has 0 aromatic heterocycles. The van der Waals surface area contributed by atoms with Crippen LogP contribution in [0.15, 0.2) is 0 Å². The van der Waals surface area contributed by atoms with Crippen LogP contribution in [0.4, 0.5) is 0 Å². The van der Waals surface area contributed by atoms with E-state index in [-0.39, 0.29) is 5.54 Å². The van der Waals surface area contributed by atoms with Gasteiger partial charge in [0.15, 0.2) is 0 Å². The van der Waals surface area contributed by atoms with E-state index in [2.05, 4.69) is 4.90 Å². The van der Waals surface area contributed by atoms with Crippen molar-refractivity contribution in [2.45, 2.75) is 24.8 Å². The molecule has 2 aliphatic heterocycles. The van der Waals surface area contributed by atoms with Crippen molar-refractivity contribution < 1.29 is 4.74 Å². The number of ether oxygens (including phenoxy) is 1. The predicted octanol–water partition coefficient (Wildman–Crippen LogP) is 0.200. The molecule has 0 aliphatic carbocycles. The average molecular weight is 170 g/mol. The fraction of sp³-hybridized carbons (Fsp3) is 1.00. The molecule has 2 aliphatic rings. The maximum Gasteiger partial charge on any atom is 0.0659 e. The second-order valence-corrected chi connectivity index (χ2v) is 4.15. The molecule has 3 heteroatoms. The van der Waals surface area contributed by atoms with Gasteiger partial charge in [0.05, 0.1) is 12.1 Å². The summed E-state index contributed by atoms with van der Waals surface area (Å²) in [4.78, 5) is 2.47. The number of likely N-dealkylation sites (tertiary alicyclic amines) is 1. The predicted molar refractivity (Wildman–Crippen MR) is 48.0 cm³/mol. The Morgan fingerprint density at radius 3 is 2.67 bits per heavy atom. The molecule has 0 bridgehead atoms. The Bertz CT molecular complexity index is 149. The van der Waals surface area contributed by atoms with E-state index in [1.807, 2.05) is 0 Å². The summed E-state index contributed by atoms with van der Waals surface area (Å²) in [7, 11) is 0. The van der Waals surface area contributed by atoms with Gasteiger partial charge in [-0.1, -0.05) is 0 Å². The molecule has 2 rings (SSSR count). The summed E-state index contributed by atoms with van der Waals surface area (Å²) in [6.45, 7) is 5.11.